The van der Waals surface area contributed by atoms with Crippen LogP contribution in [0.2, 0.25) is 0 Å². The Morgan fingerprint density at radius 3 is 2.78 bits per heavy atom. The van der Waals surface area contributed by atoms with Gasteiger partial charge in [0.05, 0.1) is 6.42 Å². The maximum Gasteiger partial charge on any atom is 0.206 e. The highest BCUT2D eigenvalue weighted by Crippen LogP contribution is 1.92. The first kappa shape index (κ1) is 8.08. The van der Waals surface area contributed by atoms with E-state index in [1.165, 1.54) is 0 Å². The summed E-state index contributed by atoms with van der Waals surface area (Å²) in [4.78, 5) is 20.1. The van der Waals surface area contributed by atoms with Gasteiger partial charge in [-0.1, -0.05) is 6.08 Å². The zero-order chi connectivity index (χ0) is 7.11. The second kappa shape index (κ2) is 5.22. The summed E-state index contributed by atoms with van der Waals surface area (Å²) in [5.41, 5.74) is 0. The average Bonchev–Trinajstić information content (AvgIpc) is 1.85. The van der Waals surface area contributed by atoms with Gasteiger partial charge in [0.15, 0.2) is 0 Å². The van der Waals surface area contributed by atoms with Crippen molar-refractivity contribution in [2.75, 3.05) is 0 Å². The van der Waals surface area contributed by atoms with Gasteiger partial charge in [0.25, 0.3) is 0 Å². The van der Waals surface area contributed by atoms with E-state index in [0.29, 0.717) is 12.8 Å². The summed E-state index contributed by atoms with van der Waals surface area (Å²) in [6, 6.07) is 0. The molecule has 0 amide bonds. The number of carbonyl (C=O) groups is 1. The lowest BCUT2D eigenvalue weighted by atomic mass is 10.2. The lowest BCUT2D eigenvalue weighted by Gasteiger charge is -1.87. The number of allylic oxidation sites excluding steroid dienone is 1. The fraction of sp³-hybridized carbons (Fsp3) is 0.429. The standard InChI is InChI=1S/C7H9O2/c1-2-3-4-7(9)5-6-8/h2H,1,3-5H2. The molecule has 2 nitrogen and oxygen atoms in total. The van der Waals surface area contributed by atoms with Gasteiger partial charge >= 0.3 is 0 Å². The average molecular weight is 125 g/mol. The number of carbonyl (C=O) groups excluding carboxylic acids is 2. The fourth-order valence-corrected chi connectivity index (χ4v) is 0.432. The van der Waals surface area contributed by atoms with Crippen LogP contribution in [0.4, 0.5) is 0 Å². The number of hydrogen-bond donors (Lipinski definition) is 0. The summed E-state index contributed by atoms with van der Waals surface area (Å²) in [5, 5.41) is 0. The summed E-state index contributed by atoms with van der Waals surface area (Å²) < 4.78 is 0. The largest absolute Gasteiger partial charge is 0.299 e. The van der Waals surface area contributed by atoms with Crippen LogP contribution < -0.4 is 0 Å². The molecule has 0 N–H and O–H groups in total. The maximum atomic E-state index is 10.5. The molecule has 0 aromatic carbocycles. The summed E-state index contributed by atoms with van der Waals surface area (Å²) in [6.07, 6.45) is 4.19. The van der Waals surface area contributed by atoms with Crippen molar-refractivity contribution in [2.24, 2.45) is 0 Å². The molecule has 1 radical (unpaired) electrons. The Hall–Kier alpha value is -0.920. The summed E-state index contributed by atoms with van der Waals surface area (Å²) in [6.45, 7) is 3.44. The van der Waals surface area contributed by atoms with Gasteiger partial charge in [-0.2, -0.15) is 0 Å². The predicted molar refractivity (Wildman–Crippen MR) is 34.7 cm³/mol. The molecular formula is C7H9O2. The van der Waals surface area contributed by atoms with Crippen molar-refractivity contribution < 1.29 is 9.59 Å². The molecule has 0 aliphatic rings. The minimum absolute atomic E-state index is 0.0649. The summed E-state index contributed by atoms with van der Waals surface area (Å²) in [7, 11) is 0. The molecule has 0 spiro atoms. The first-order chi connectivity index (χ1) is 4.31. The predicted octanol–water partition coefficient (Wildman–Crippen LogP) is 1.02. The molecule has 0 aliphatic heterocycles. The fourth-order valence-electron chi connectivity index (χ4n) is 0.432. The lowest BCUT2D eigenvalue weighted by molar-refractivity contribution is -0.117. The second-order valence-corrected chi connectivity index (χ2v) is 1.69. The third-order valence-corrected chi connectivity index (χ3v) is 0.897. The molecule has 49 valence electrons. The van der Waals surface area contributed by atoms with Gasteiger partial charge in [-0.25, -0.2) is 0 Å². The number of ketones is 1. The zero-order valence-corrected chi connectivity index (χ0v) is 5.22. The van der Waals surface area contributed by atoms with Gasteiger partial charge in [0.1, 0.15) is 5.78 Å². The Labute approximate surface area is 54.6 Å². The normalized spacial score (nSPS) is 8.44. The SMILES string of the molecule is C=CCCC(=O)C[C]=O. The van der Waals surface area contributed by atoms with Gasteiger partial charge in [-0.15, -0.1) is 6.58 Å². The van der Waals surface area contributed by atoms with Gasteiger partial charge in [0.2, 0.25) is 6.29 Å². The number of hydrogen-bond acceptors (Lipinski definition) is 2. The van der Waals surface area contributed by atoms with Gasteiger partial charge in [-0.05, 0) is 6.42 Å². The van der Waals surface area contributed by atoms with Crippen LogP contribution >= 0.6 is 0 Å². The summed E-state index contributed by atoms with van der Waals surface area (Å²) >= 11 is 0. The topological polar surface area (TPSA) is 34.1 Å². The Kier molecular flexibility index (Phi) is 4.69. The number of rotatable bonds is 5. The van der Waals surface area contributed by atoms with E-state index in [2.05, 4.69) is 6.58 Å². The van der Waals surface area contributed by atoms with Crippen LogP contribution in [-0.4, -0.2) is 12.1 Å². The van der Waals surface area contributed by atoms with Crippen LogP contribution in [-0.2, 0) is 9.59 Å². The number of Topliss-reactive ketones (excluding diaryl/α,β-unsaturated/α-hetero) is 1. The molecule has 2 heteroatoms. The van der Waals surface area contributed by atoms with Crippen molar-refractivity contribution in [1.82, 2.24) is 0 Å². The molecule has 0 aromatic rings. The van der Waals surface area contributed by atoms with Crippen LogP contribution in [0.25, 0.3) is 0 Å². The van der Waals surface area contributed by atoms with Gasteiger partial charge in [-0.3, -0.25) is 9.59 Å². The van der Waals surface area contributed by atoms with E-state index in [1.54, 1.807) is 12.4 Å². The highest BCUT2D eigenvalue weighted by molar-refractivity contribution is 5.89. The molecule has 9 heavy (non-hydrogen) atoms. The highest BCUT2D eigenvalue weighted by Gasteiger charge is 1.97. The van der Waals surface area contributed by atoms with Crippen molar-refractivity contribution in [3.8, 4) is 0 Å². The Morgan fingerprint density at radius 2 is 2.33 bits per heavy atom. The molecule has 0 saturated carbocycles. The van der Waals surface area contributed by atoms with Crippen molar-refractivity contribution in [2.45, 2.75) is 19.3 Å². The molecule has 0 bridgehead atoms. The third-order valence-electron chi connectivity index (χ3n) is 0.897. The van der Waals surface area contributed by atoms with E-state index >= 15 is 0 Å². The van der Waals surface area contributed by atoms with E-state index < -0.39 is 0 Å². The quantitative estimate of drug-likeness (QED) is 0.406. The summed E-state index contributed by atoms with van der Waals surface area (Å²) in [5.74, 6) is -0.0649. The van der Waals surface area contributed by atoms with Crippen molar-refractivity contribution in [3.63, 3.8) is 0 Å². The van der Waals surface area contributed by atoms with Crippen LogP contribution in [0, 0.1) is 0 Å². The molecule has 0 aromatic heterocycles. The van der Waals surface area contributed by atoms with Crippen molar-refractivity contribution >= 4 is 12.1 Å². The third kappa shape index (κ3) is 4.94. The lowest BCUT2D eigenvalue weighted by Crippen LogP contribution is -1.96. The molecule has 0 rings (SSSR count). The van der Waals surface area contributed by atoms with E-state index in [9.17, 15) is 9.59 Å². The van der Waals surface area contributed by atoms with Crippen LogP contribution in [0.3, 0.4) is 0 Å². The van der Waals surface area contributed by atoms with Gasteiger partial charge < -0.3 is 0 Å². The van der Waals surface area contributed by atoms with E-state index in [1.807, 2.05) is 0 Å². The molecule has 0 fully saturated rings. The van der Waals surface area contributed by atoms with Crippen LogP contribution in [0.15, 0.2) is 12.7 Å². The van der Waals surface area contributed by atoms with E-state index in [-0.39, 0.29) is 12.2 Å². The highest BCUT2D eigenvalue weighted by atomic mass is 16.1. The minimum atomic E-state index is -0.0756. The zero-order valence-electron chi connectivity index (χ0n) is 5.22. The molecule has 0 heterocycles. The maximum absolute atomic E-state index is 10.5. The first-order valence-electron chi connectivity index (χ1n) is 2.79. The Balaban J connectivity index is 3.26. The van der Waals surface area contributed by atoms with Gasteiger partial charge in [0, 0.05) is 6.42 Å². The first-order valence-corrected chi connectivity index (χ1v) is 2.79. The molecule has 0 aliphatic carbocycles. The van der Waals surface area contributed by atoms with Crippen LogP contribution in [0.1, 0.15) is 19.3 Å². The van der Waals surface area contributed by atoms with E-state index in [0.717, 1.165) is 0 Å². The molecule has 0 atom stereocenters. The molecule has 0 saturated heterocycles. The minimum Gasteiger partial charge on any atom is -0.299 e. The van der Waals surface area contributed by atoms with Crippen molar-refractivity contribution in [1.29, 1.82) is 0 Å². The Bertz CT molecular complexity index is 116. The monoisotopic (exact) mass is 125 g/mol. The van der Waals surface area contributed by atoms with Crippen molar-refractivity contribution in [3.05, 3.63) is 12.7 Å². The molecule has 0 unspecified atom stereocenters. The van der Waals surface area contributed by atoms with Crippen LogP contribution in [0.5, 0.6) is 0 Å². The molecular weight excluding hydrogens is 116 g/mol. The Morgan fingerprint density at radius 1 is 1.67 bits per heavy atom. The smallest absolute Gasteiger partial charge is 0.206 e. The second-order valence-electron chi connectivity index (χ2n) is 1.69. The van der Waals surface area contributed by atoms with E-state index in [4.69, 9.17) is 0 Å².